The number of para-hydroxylation sites is 1. The van der Waals surface area contributed by atoms with Gasteiger partial charge in [-0.1, -0.05) is 36.0 Å². The minimum atomic E-state index is -0.167. The highest BCUT2D eigenvalue weighted by molar-refractivity contribution is 7.98. The molecule has 0 unspecified atom stereocenters. The van der Waals surface area contributed by atoms with Gasteiger partial charge < -0.3 is 4.90 Å². The first kappa shape index (κ1) is 21.3. The Kier molecular flexibility index (Phi) is 6.06. The van der Waals surface area contributed by atoms with Gasteiger partial charge in [0.25, 0.3) is 11.5 Å². The number of hydrogen-bond donors (Lipinski definition) is 0. The summed E-state index contributed by atoms with van der Waals surface area (Å²) >= 11 is 1.42. The van der Waals surface area contributed by atoms with Gasteiger partial charge in [-0.25, -0.2) is 4.98 Å². The van der Waals surface area contributed by atoms with Crippen molar-refractivity contribution in [3.8, 4) is 11.8 Å². The van der Waals surface area contributed by atoms with E-state index in [4.69, 9.17) is 10.2 Å². The number of fused-ring (bicyclic) bond motifs is 1. The molecular weight excluding hydrogens is 420 g/mol. The van der Waals surface area contributed by atoms with Crippen molar-refractivity contribution >= 4 is 28.6 Å². The molecule has 0 N–H and O–H groups in total. The van der Waals surface area contributed by atoms with Crippen LogP contribution in [0.3, 0.4) is 0 Å². The van der Waals surface area contributed by atoms with Crippen molar-refractivity contribution in [2.75, 3.05) is 14.1 Å². The molecule has 0 atom stereocenters. The smallest absolute Gasteiger partial charge is 0.266 e. The number of benzene rings is 3. The molecule has 6 nitrogen and oxygen atoms in total. The Morgan fingerprint density at radius 2 is 1.81 bits per heavy atom. The van der Waals surface area contributed by atoms with Gasteiger partial charge in [-0.15, -0.1) is 0 Å². The van der Waals surface area contributed by atoms with Crippen LogP contribution in [-0.2, 0) is 5.75 Å². The first-order valence-electron chi connectivity index (χ1n) is 9.93. The van der Waals surface area contributed by atoms with Crippen LogP contribution in [0.25, 0.3) is 16.6 Å². The molecule has 0 spiro atoms. The summed E-state index contributed by atoms with van der Waals surface area (Å²) in [5.41, 5.74) is 3.19. The number of carbonyl (C=O) groups excluding carboxylic acids is 1. The van der Waals surface area contributed by atoms with E-state index < -0.39 is 0 Å². The molecule has 1 heterocycles. The number of rotatable bonds is 5. The van der Waals surface area contributed by atoms with E-state index in [1.165, 1.54) is 11.8 Å². The van der Waals surface area contributed by atoms with Gasteiger partial charge >= 0.3 is 0 Å². The molecule has 0 radical (unpaired) electrons. The molecule has 0 aliphatic rings. The SMILES string of the molecule is CN(C)C(=O)c1cccc(CSc2nc3ccccc3c(=O)n2-c2ccc(C#N)cc2)c1. The summed E-state index contributed by atoms with van der Waals surface area (Å²) in [5.74, 6) is 0.477. The molecule has 4 rings (SSSR count). The lowest BCUT2D eigenvalue weighted by Gasteiger charge is -2.14. The van der Waals surface area contributed by atoms with E-state index >= 15 is 0 Å². The summed E-state index contributed by atoms with van der Waals surface area (Å²) in [6.07, 6.45) is 0. The fraction of sp³-hybridized carbons (Fsp3) is 0.120. The van der Waals surface area contributed by atoms with Gasteiger partial charge in [-0.05, 0) is 54.1 Å². The zero-order valence-corrected chi connectivity index (χ0v) is 18.5. The first-order valence-corrected chi connectivity index (χ1v) is 10.9. The molecule has 158 valence electrons. The number of carbonyl (C=O) groups is 1. The van der Waals surface area contributed by atoms with E-state index in [9.17, 15) is 9.59 Å². The normalized spacial score (nSPS) is 10.7. The standard InChI is InChI=1S/C25H20N4O2S/c1-28(2)23(30)19-7-5-6-18(14-19)16-32-25-27-22-9-4-3-8-21(22)24(31)29(25)20-12-10-17(15-26)11-13-20/h3-14H,16H2,1-2H3. The molecule has 1 amide bonds. The third kappa shape index (κ3) is 4.27. The lowest BCUT2D eigenvalue weighted by molar-refractivity contribution is 0.0827. The van der Waals surface area contributed by atoms with Gasteiger partial charge in [0.1, 0.15) is 0 Å². The van der Waals surface area contributed by atoms with Crippen LogP contribution in [0.4, 0.5) is 0 Å². The third-order valence-corrected chi connectivity index (χ3v) is 5.96. The van der Waals surface area contributed by atoms with Crippen LogP contribution >= 0.6 is 11.8 Å². The Morgan fingerprint density at radius 1 is 1.06 bits per heavy atom. The Morgan fingerprint density at radius 3 is 2.53 bits per heavy atom. The Labute approximate surface area is 189 Å². The average molecular weight is 441 g/mol. The third-order valence-electron chi connectivity index (χ3n) is 4.95. The number of nitriles is 1. The molecule has 0 fully saturated rings. The highest BCUT2D eigenvalue weighted by Gasteiger charge is 2.14. The minimum absolute atomic E-state index is 0.0600. The Balaban J connectivity index is 1.75. The molecule has 0 bridgehead atoms. The lowest BCUT2D eigenvalue weighted by atomic mass is 10.1. The Hall–Kier alpha value is -3.89. The van der Waals surface area contributed by atoms with Gasteiger partial charge in [0, 0.05) is 25.4 Å². The zero-order valence-electron chi connectivity index (χ0n) is 17.6. The first-order chi connectivity index (χ1) is 15.5. The second-order valence-electron chi connectivity index (χ2n) is 7.40. The maximum atomic E-state index is 13.3. The number of thioether (sulfide) groups is 1. The number of nitrogens with zero attached hydrogens (tertiary/aromatic N) is 4. The van der Waals surface area contributed by atoms with Crippen molar-refractivity contribution in [2.45, 2.75) is 10.9 Å². The van der Waals surface area contributed by atoms with Gasteiger partial charge in [-0.2, -0.15) is 5.26 Å². The van der Waals surface area contributed by atoms with Crippen molar-refractivity contribution in [1.82, 2.24) is 14.5 Å². The molecule has 3 aromatic carbocycles. The van der Waals surface area contributed by atoms with Crippen LogP contribution in [0.15, 0.2) is 82.7 Å². The molecule has 4 aromatic rings. The van der Waals surface area contributed by atoms with Crippen LogP contribution in [0.2, 0.25) is 0 Å². The van der Waals surface area contributed by atoms with Crippen LogP contribution in [0, 0.1) is 11.3 Å². The maximum Gasteiger partial charge on any atom is 0.266 e. The summed E-state index contributed by atoms with van der Waals surface area (Å²) < 4.78 is 1.57. The van der Waals surface area contributed by atoms with E-state index in [-0.39, 0.29) is 11.5 Å². The molecule has 32 heavy (non-hydrogen) atoms. The molecule has 0 saturated carbocycles. The predicted octanol–water partition coefficient (Wildman–Crippen LogP) is 4.25. The van der Waals surface area contributed by atoms with E-state index in [2.05, 4.69) is 6.07 Å². The van der Waals surface area contributed by atoms with Crippen LogP contribution in [0.5, 0.6) is 0 Å². The van der Waals surface area contributed by atoms with Crippen LogP contribution in [0.1, 0.15) is 21.5 Å². The summed E-state index contributed by atoms with van der Waals surface area (Å²) in [4.78, 5) is 31.9. The number of hydrogen-bond acceptors (Lipinski definition) is 5. The lowest BCUT2D eigenvalue weighted by Crippen LogP contribution is -2.22. The van der Waals surface area contributed by atoms with E-state index in [0.717, 1.165) is 5.56 Å². The molecule has 7 heteroatoms. The molecular formula is C25H20N4O2S. The van der Waals surface area contributed by atoms with Gasteiger partial charge in [-0.3, -0.25) is 14.2 Å². The van der Waals surface area contributed by atoms with E-state index in [1.54, 1.807) is 60.0 Å². The molecule has 0 saturated heterocycles. The molecule has 1 aromatic heterocycles. The molecule has 0 aliphatic heterocycles. The monoisotopic (exact) mass is 440 g/mol. The summed E-state index contributed by atoms with van der Waals surface area (Å²) in [6, 6.07) is 23.7. The number of aromatic nitrogens is 2. The molecule has 0 aliphatic carbocycles. The van der Waals surface area contributed by atoms with Crippen molar-refractivity contribution in [3.05, 3.63) is 99.8 Å². The maximum absolute atomic E-state index is 13.3. The van der Waals surface area contributed by atoms with Crippen molar-refractivity contribution in [1.29, 1.82) is 5.26 Å². The van der Waals surface area contributed by atoms with Gasteiger partial charge in [0.15, 0.2) is 5.16 Å². The van der Waals surface area contributed by atoms with Crippen molar-refractivity contribution in [2.24, 2.45) is 0 Å². The number of amides is 1. The predicted molar refractivity (Wildman–Crippen MR) is 126 cm³/mol. The minimum Gasteiger partial charge on any atom is -0.345 e. The largest absolute Gasteiger partial charge is 0.345 e. The van der Waals surface area contributed by atoms with Gasteiger partial charge in [0.05, 0.1) is 28.2 Å². The zero-order chi connectivity index (χ0) is 22.7. The summed E-state index contributed by atoms with van der Waals surface area (Å²) in [7, 11) is 3.44. The summed E-state index contributed by atoms with van der Waals surface area (Å²) in [5, 5.41) is 10.2. The van der Waals surface area contributed by atoms with Crippen molar-refractivity contribution < 1.29 is 4.79 Å². The average Bonchev–Trinajstić information content (AvgIpc) is 2.82. The van der Waals surface area contributed by atoms with Crippen LogP contribution < -0.4 is 5.56 Å². The van der Waals surface area contributed by atoms with E-state index in [1.807, 2.05) is 36.4 Å². The fourth-order valence-electron chi connectivity index (χ4n) is 3.32. The second-order valence-corrected chi connectivity index (χ2v) is 8.34. The Bertz CT molecular complexity index is 1400. The quantitative estimate of drug-likeness (QED) is 0.342. The van der Waals surface area contributed by atoms with Crippen molar-refractivity contribution in [3.63, 3.8) is 0 Å². The van der Waals surface area contributed by atoms with Gasteiger partial charge in [0.2, 0.25) is 0 Å². The topological polar surface area (TPSA) is 79.0 Å². The fourth-order valence-corrected chi connectivity index (χ4v) is 4.28. The highest BCUT2D eigenvalue weighted by atomic mass is 32.2. The second kappa shape index (κ2) is 9.08. The summed E-state index contributed by atoms with van der Waals surface area (Å²) in [6.45, 7) is 0. The van der Waals surface area contributed by atoms with E-state index in [0.29, 0.717) is 38.6 Å². The highest BCUT2D eigenvalue weighted by Crippen LogP contribution is 2.25. The van der Waals surface area contributed by atoms with Crippen LogP contribution in [-0.4, -0.2) is 34.5 Å².